The summed E-state index contributed by atoms with van der Waals surface area (Å²) in [4.78, 5) is 11.1. The first kappa shape index (κ1) is 12.8. The fraction of sp³-hybridized carbons (Fsp3) is 0.500. The van der Waals surface area contributed by atoms with Crippen LogP contribution in [0, 0.1) is 12.8 Å². The van der Waals surface area contributed by atoms with Gasteiger partial charge in [-0.2, -0.15) is 0 Å². The van der Waals surface area contributed by atoms with Crippen molar-refractivity contribution in [3.05, 3.63) is 35.4 Å². The molecule has 0 aromatic heterocycles. The van der Waals surface area contributed by atoms with Crippen molar-refractivity contribution in [2.24, 2.45) is 11.7 Å². The van der Waals surface area contributed by atoms with Gasteiger partial charge in [-0.15, -0.1) is 0 Å². The van der Waals surface area contributed by atoms with E-state index in [0.29, 0.717) is 12.3 Å². The van der Waals surface area contributed by atoms with Crippen LogP contribution in [0.3, 0.4) is 0 Å². The first-order valence-corrected chi connectivity index (χ1v) is 5.84. The van der Waals surface area contributed by atoms with E-state index in [1.807, 2.05) is 6.07 Å². The summed E-state index contributed by atoms with van der Waals surface area (Å²) in [6.45, 7) is 6.41. The van der Waals surface area contributed by atoms with Crippen LogP contribution in [-0.4, -0.2) is 5.91 Å². The summed E-state index contributed by atoms with van der Waals surface area (Å²) in [5.74, 6) is 0.620. The summed E-state index contributed by atoms with van der Waals surface area (Å²) in [6.07, 6.45) is 1.45. The summed E-state index contributed by atoms with van der Waals surface area (Å²) in [7, 11) is 0. The Morgan fingerprint density at radius 3 is 2.56 bits per heavy atom. The van der Waals surface area contributed by atoms with E-state index in [4.69, 9.17) is 5.73 Å². The molecule has 1 atom stereocenters. The first-order valence-electron chi connectivity index (χ1n) is 5.84. The minimum atomic E-state index is -0.216. The van der Waals surface area contributed by atoms with Gasteiger partial charge in [-0.3, -0.25) is 4.79 Å². The number of amides is 1. The van der Waals surface area contributed by atoms with Gasteiger partial charge in [-0.1, -0.05) is 43.7 Å². The molecule has 0 fully saturated rings. The van der Waals surface area contributed by atoms with Crippen LogP contribution < -0.4 is 5.73 Å². The third-order valence-corrected chi connectivity index (χ3v) is 2.72. The van der Waals surface area contributed by atoms with Crippen molar-refractivity contribution >= 4 is 5.91 Å². The number of primary amides is 1. The minimum absolute atomic E-state index is 0.216. The highest BCUT2D eigenvalue weighted by molar-refractivity contribution is 5.74. The van der Waals surface area contributed by atoms with Gasteiger partial charge >= 0.3 is 0 Å². The fourth-order valence-electron chi connectivity index (χ4n) is 2.07. The van der Waals surface area contributed by atoms with Crippen molar-refractivity contribution < 1.29 is 4.79 Å². The maximum absolute atomic E-state index is 11.1. The topological polar surface area (TPSA) is 43.1 Å². The molecule has 0 saturated carbocycles. The van der Waals surface area contributed by atoms with E-state index >= 15 is 0 Å². The highest BCUT2D eigenvalue weighted by Crippen LogP contribution is 2.27. The zero-order valence-corrected chi connectivity index (χ0v) is 10.4. The van der Waals surface area contributed by atoms with Gasteiger partial charge in [0.2, 0.25) is 5.91 Å². The quantitative estimate of drug-likeness (QED) is 0.812. The number of aryl methyl sites for hydroxylation is 1. The van der Waals surface area contributed by atoms with Gasteiger partial charge in [0.1, 0.15) is 0 Å². The molecule has 1 unspecified atom stereocenters. The first-order chi connectivity index (χ1) is 7.49. The Kier molecular flexibility index (Phi) is 4.53. The second-order valence-corrected chi connectivity index (χ2v) is 4.91. The van der Waals surface area contributed by atoms with E-state index < -0.39 is 0 Å². The fourth-order valence-corrected chi connectivity index (χ4v) is 2.07. The molecule has 2 heteroatoms. The second kappa shape index (κ2) is 5.69. The van der Waals surface area contributed by atoms with Crippen LogP contribution in [-0.2, 0) is 4.79 Å². The van der Waals surface area contributed by atoms with E-state index in [1.165, 1.54) is 11.1 Å². The molecule has 2 nitrogen and oxygen atoms in total. The molecule has 1 rings (SSSR count). The molecule has 0 heterocycles. The van der Waals surface area contributed by atoms with E-state index in [2.05, 4.69) is 39.0 Å². The molecule has 0 aliphatic heterocycles. The largest absolute Gasteiger partial charge is 0.370 e. The van der Waals surface area contributed by atoms with Gasteiger partial charge in [0.25, 0.3) is 0 Å². The van der Waals surface area contributed by atoms with Crippen LogP contribution in [0.2, 0.25) is 0 Å². The van der Waals surface area contributed by atoms with Crippen LogP contribution >= 0.6 is 0 Å². The predicted molar refractivity (Wildman–Crippen MR) is 67.2 cm³/mol. The monoisotopic (exact) mass is 219 g/mol. The van der Waals surface area contributed by atoms with Crippen molar-refractivity contribution in [3.63, 3.8) is 0 Å². The van der Waals surface area contributed by atoms with E-state index in [1.54, 1.807) is 0 Å². The average Bonchev–Trinajstić information content (AvgIpc) is 2.15. The Hall–Kier alpha value is -1.31. The SMILES string of the molecule is Cc1cccc(C(CC(N)=O)CC(C)C)c1. The van der Waals surface area contributed by atoms with Gasteiger partial charge in [-0.05, 0) is 30.7 Å². The highest BCUT2D eigenvalue weighted by atomic mass is 16.1. The minimum Gasteiger partial charge on any atom is -0.370 e. The lowest BCUT2D eigenvalue weighted by molar-refractivity contribution is -0.118. The number of hydrogen-bond acceptors (Lipinski definition) is 1. The predicted octanol–water partition coefficient (Wildman–Crippen LogP) is 3.00. The van der Waals surface area contributed by atoms with Crippen molar-refractivity contribution in [2.45, 2.75) is 39.5 Å². The maximum Gasteiger partial charge on any atom is 0.218 e. The third kappa shape index (κ3) is 4.05. The lowest BCUT2D eigenvalue weighted by atomic mass is 9.87. The summed E-state index contributed by atoms with van der Waals surface area (Å²) in [6, 6.07) is 8.35. The molecule has 0 saturated heterocycles. The van der Waals surface area contributed by atoms with Crippen LogP contribution in [0.25, 0.3) is 0 Å². The normalized spacial score (nSPS) is 12.8. The van der Waals surface area contributed by atoms with Crippen LogP contribution in [0.15, 0.2) is 24.3 Å². The Morgan fingerprint density at radius 2 is 2.06 bits per heavy atom. The number of carbonyl (C=O) groups excluding carboxylic acids is 1. The molecule has 1 amide bonds. The third-order valence-electron chi connectivity index (χ3n) is 2.72. The lowest BCUT2D eigenvalue weighted by Crippen LogP contribution is -2.16. The Morgan fingerprint density at radius 1 is 1.38 bits per heavy atom. The smallest absolute Gasteiger partial charge is 0.218 e. The number of carbonyl (C=O) groups is 1. The maximum atomic E-state index is 11.1. The Balaban J connectivity index is 2.86. The molecular formula is C14H21NO. The van der Waals surface area contributed by atoms with Gasteiger partial charge in [-0.25, -0.2) is 0 Å². The molecule has 0 aliphatic rings. The summed E-state index contributed by atoms with van der Waals surface area (Å²) < 4.78 is 0. The van der Waals surface area contributed by atoms with Gasteiger partial charge < -0.3 is 5.73 Å². The van der Waals surface area contributed by atoms with E-state index in [-0.39, 0.29) is 11.8 Å². The molecule has 1 aromatic carbocycles. The number of benzene rings is 1. The van der Waals surface area contributed by atoms with Crippen molar-refractivity contribution in [2.75, 3.05) is 0 Å². The number of hydrogen-bond donors (Lipinski definition) is 1. The molecule has 2 N–H and O–H groups in total. The zero-order chi connectivity index (χ0) is 12.1. The van der Waals surface area contributed by atoms with Crippen LogP contribution in [0.5, 0.6) is 0 Å². The molecular weight excluding hydrogens is 198 g/mol. The average molecular weight is 219 g/mol. The molecule has 0 radical (unpaired) electrons. The van der Waals surface area contributed by atoms with Crippen molar-refractivity contribution in [1.29, 1.82) is 0 Å². The number of rotatable bonds is 5. The Labute approximate surface area is 97.9 Å². The molecule has 0 bridgehead atoms. The van der Waals surface area contributed by atoms with Crippen LogP contribution in [0.1, 0.15) is 43.7 Å². The molecule has 0 aliphatic carbocycles. The lowest BCUT2D eigenvalue weighted by Gasteiger charge is -2.18. The van der Waals surface area contributed by atoms with Gasteiger partial charge in [0.05, 0.1) is 0 Å². The summed E-state index contributed by atoms with van der Waals surface area (Å²) in [5.41, 5.74) is 7.77. The standard InChI is InChI=1S/C14H21NO/c1-10(2)7-13(9-14(15)16)12-6-4-5-11(3)8-12/h4-6,8,10,13H,7,9H2,1-3H3,(H2,15,16). The molecule has 88 valence electrons. The van der Waals surface area contributed by atoms with E-state index in [0.717, 1.165) is 6.42 Å². The molecule has 0 spiro atoms. The summed E-state index contributed by atoms with van der Waals surface area (Å²) >= 11 is 0. The van der Waals surface area contributed by atoms with Crippen molar-refractivity contribution in [1.82, 2.24) is 0 Å². The molecule has 16 heavy (non-hydrogen) atoms. The van der Waals surface area contributed by atoms with E-state index in [9.17, 15) is 4.79 Å². The molecule has 1 aromatic rings. The number of nitrogens with two attached hydrogens (primary N) is 1. The highest BCUT2D eigenvalue weighted by Gasteiger charge is 2.15. The van der Waals surface area contributed by atoms with Crippen molar-refractivity contribution in [3.8, 4) is 0 Å². The second-order valence-electron chi connectivity index (χ2n) is 4.91. The van der Waals surface area contributed by atoms with Gasteiger partial charge in [0.15, 0.2) is 0 Å². The Bertz CT molecular complexity index is 358. The summed E-state index contributed by atoms with van der Waals surface area (Å²) in [5, 5.41) is 0. The van der Waals surface area contributed by atoms with Crippen LogP contribution in [0.4, 0.5) is 0 Å². The van der Waals surface area contributed by atoms with Gasteiger partial charge in [0, 0.05) is 6.42 Å². The zero-order valence-electron chi connectivity index (χ0n) is 10.4.